The summed E-state index contributed by atoms with van der Waals surface area (Å²) in [6, 6.07) is 0. The zero-order valence-corrected chi connectivity index (χ0v) is 17.8. The van der Waals surface area contributed by atoms with Crippen molar-refractivity contribution in [2.45, 2.75) is 105 Å². The number of hydrogen-bond acceptors (Lipinski definition) is 3. The summed E-state index contributed by atoms with van der Waals surface area (Å²) >= 11 is 0. The van der Waals surface area contributed by atoms with Gasteiger partial charge in [0, 0.05) is 15.9 Å². The van der Waals surface area contributed by atoms with Gasteiger partial charge in [-0.15, -0.1) is 0 Å². The summed E-state index contributed by atoms with van der Waals surface area (Å²) in [5.74, 6) is 0.807. The van der Waals surface area contributed by atoms with Crippen LogP contribution < -0.4 is 0 Å². The van der Waals surface area contributed by atoms with E-state index in [0.29, 0.717) is 6.42 Å². The summed E-state index contributed by atoms with van der Waals surface area (Å²) in [6.45, 7) is 11.0. The zero-order chi connectivity index (χ0) is 18.4. The van der Waals surface area contributed by atoms with Crippen LogP contribution in [0.2, 0.25) is 0 Å². The smallest absolute Gasteiger partial charge is 0.201 e. The quantitative estimate of drug-likeness (QED) is 0.0842. The second-order valence-corrected chi connectivity index (χ2v) is 8.20. The average Bonchev–Trinajstić information content (AvgIpc) is 2.54. The summed E-state index contributed by atoms with van der Waals surface area (Å²) in [5.41, 5.74) is 1.51. The molecule has 0 amide bonds. The number of rotatable bonds is 15. The molecular weight excluding hydrogens is 319 g/mol. The van der Waals surface area contributed by atoms with Crippen molar-refractivity contribution in [2.24, 2.45) is 11.8 Å². The molecule has 0 fully saturated rings. The monoisotopic (exact) mass is 360 g/mol. The van der Waals surface area contributed by atoms with Gasteiger partial charge in [0.15, 0.2) is 0 Å². The topological polar surface area (TPSA) is 38.7 Å². The van der Waals surface area contributed by atoms with E-state index in [4.69, 9.17) is 9.78 Å². The molecule has 0 spiro atoms. The molecule has 0 aliphatic heterocycles. The van der Waals surface area contributed by atoms with E-state index in [9.17, 15) is 0 Å². The molecule has 0 rings (SSSR count). The molecule has 0 aromatic rings. The van der Waals surface area contributed by atoms with Crippen LogP contribution in [0.1, 0.15) is 98.8 Å². The fourth-order valence-electron chi connectivity index (χ4n) is 2.92. The average molecular weight is 361 g/mol. The van der Waals surface area contributed by atoms with Crippen molar-refractivity contribution >= 4 is 9.47 Å². The Hall–Kier alpha value is 0.0500. The highest BCUT2D eigenvalue weighted by Crippen LogP contribution is 2.23. The van der Waals surface area contributed by atoms with Gasteiger partial charge in [0.05, 0.1) is 0 Å². The highest BCUT2D eigenvalue weighted by atomic mass is 31.0. The summed E-state index contributed by atoms with van der Waals surface area (Å²) in [5, 5.41) is 8.80. The van der Waals surface area contributed by atoms with Gasteiger partial charge in [-0.3, -0.25) is 0 Å². The van der Waals surface area contributed by atoms with Crippen molar-refractivity contribution < 1.29 is 14.7 Å². The molecule has 0 heterocycles. The van der Waals surface area contributed by atoms with E-state index < -0.39 is 5.79 Å². The van der Waals surface area contributed by atoms with Gasteiger partial charge in [-0.2, -0.15) is 0 Å². The molecule has 144 valence electrons. The van der Waals surface area contributed by atoms with E-state index in [0.717, 1.165) is 31.1 Å². The first-order valence-corrected chi connectivity index (χ1v) is 10.2. The van der Waals surface area contributed by atoms with Crippen LogP contribution in [-0.4, -0.2) is 11.0 Å². The molecule has 3 unspecified atom stereocenters. The molecule has 24 heavy (non-hydrogen) atoms. The third-order valence-electron chi connectivity index (χ3n) is 4.77. The highest BCUT2D eigenvalue weighted by Gasteiger charge is 2.23. The summed E-state index contributed by atoms with van der Waals surface area (Å²) in [6.07, 6.45) is 14.2. The molecule has 0 saturated carbocycles. The second-order valence-electron chi connectivity index (χ2n) is 7.96. The number of unbranched alkanes of at least 4 members (excludes halogenated alkanes) is 2. The van der Waals surface area contributed by atoms with E-state index >= 15 is 0 Å². The van der Waals surface area contributed by atoms with Gasteiger partial charge in [-0.05, 0) is 57.8 Å². The van der Waals surface area contributed by atoms with E-state index in [1.165, 1.54) is 44.1 Å². The zero-order valence-electron chi connectivity index (χ0n) is 16.6. The van der Waals surface area contributed by atoms with Crippen molar-refractivity contribution in [1.82, 2.24) is 0 Å². The van der Waals surface area contributed by atoms with E-state index in [2.05, 4.69) is 48.1 Å². The molecule has 3 atom stereocenters. The van der Waals surface area contributed by atoms with Crippen LogP contribution in [0, 0.1) is 11.8 Å². The Kier molecular flexibility index (Phi) is 14.3. The lowest BCUT2D eigenvalue weighted by atomic mass is 9.94. The third kappa shape index (κ3) is 13.4. The maximum Gasteiger partial charge on any atom is 0.201 e. The van der Waals surface area contributed by atoms with Gasteiger partial charge in [-0.25, -0.2) is 10.1 Å². The van der Waals surface area contributed by atoms with Crippen molar-refractivity contribution in [2.75, 3.05) is 0 Å². The van der Waals surface area contributed by atoms with Gasteiger partial charge in [-0.1, -0.05) is 58.1 Å². The first-order chi connectivity index (χ1) is 11.3. The van der Waals surface area contributed by atoms with E-state index in [1.807, 2.05) is 0 Å². The summed E-state index contributed by atoms with van der Waals surface area (Å²) in [7, 11) is 2.15. The van der Waals surface area contributed by atoms with Gasteiger partial charge in [0.1, 0.15) is 0 Å². The second kappa shape index (κ2) is 14.2. The van der Waals surface area contributed by atoms with Crippen LogP contribution in [0.4, 0.5) is 0 Å². The standard InChI is InChI=1S/C20H41O3P/c1-17(2)11-9-13-19(4)15-10-14-18(3)12-7-6-8-16-20(5,22-21)23-24/h12,17,19,21H,6-11,13-16,24H2,1-5H3/b18-12+. The third-order valence-corrected chi connectivity index (χ3v) is 5.27. The van der Waals surface area contributed by atoms with Gasteiger partial charge < -0.3 is 4.52 Å². The van der Waals surface area contributed by atoms with Crippen LogP contribution >= 0.6 is 9.47 Å². The van der Waals surface area contributed by atoms with Crippen LogP contribution in [0.15, 0.2) is 11.6 Å². The summed E-state index contributed by atoms with van der Waals surface area (Å²) < 4.78 is 5.06. The molecule has 0 aromatic heterocycles. The van der Waals surface area contributed by atoms with Gasteiger partial charge in [0.25, 0.3) is 0 Å². The Morgan fingerprint density at radius 3 is 2.33 bits per heavy atom. The lowest BCUT2D eigenvalue weighted by Gasteiger charge is -2.23. The van der Waals surface area contributed by atoms with Crippen LogP contribution in [0.3, 0.4) is 0 Å². The molecule has 0 aromatic carbocycles. The molecule has 4 heteroatoms. The van der Waals surface area contributed by atoms with E-state index in [-0.39, 0.29) is 0 Å². The minimum Gasteiger partial charge on any atom is -0.331 e. The molecule has 0 radical (unpaired) electrons. The first kappa shape index (κ1) is 24.1. The van der Waals surface area contributed by atoms with Crippen molar-refractivity contribution in [3.8, 4) is 0 Å². The van der Waals surface area contributed by atoms with Gasteiger partial charge >= 0.3 is 0 Å². The molecule has 0 bridgehead atoms. The summed E-state index contributed by atoms with van der Waals surface area (Å²) in [4.78, 5) is 4.37. The largest absolute Gasteiger partial charge is 0.331 e. The molecule has 0 aliphatic carbocycles. The molecule has 0 saturated heterocycles. The van der Waals surface area contributed by atoms with Crippen molar-refractivity contribution in [1.29, 1.82) is 0 Å². The Morgan fingerprint density at radius 1 is 1.08 bits per heavy atom. The lowest BCUT2D eigenvalue weighted by molar-refractivity contribution is -0.374. The fraction of sp³-hybridized carbons (Fsp3) is 0.900. The van der Waals surface area contributed by atoms with Crippen LogP contribution in [0.5, 0.6) is 0 Å². The van der Waals surface area contributed by atoms with Gasteiger partial charge in [0.2, 0.25) is 5.79 Å². The lowest BCUT2D eigenvalue weighted by Crippen LogP contribution is -2.27. The van der Waals surface area contributed by atoms with Crippen LogP contribution in [0.25, 0.3) is 0 Å². The first-order valence-electron chi connectivity index (χ1n) is 9.69. The van der Waals surface area contributed by atoms with Crippen molar-refractivity contribution in [3.63, 3.8) is 0 Å². The minimum atomic E-state index is -0.894. The van der Waals surface area contributed by atoms with Crippen LogP contribution in [-0.2, 0) is 9.41 Å². The highest BCUT2D eigenvalue weighted by molar-refractivity contribution is 7.09. The SMILES string of the molecule is C/C(=C\CCCCC(C)(OO)OP)CCCC(C)CCCC(C)C. The molecule has 3 nitrogen and oxygen atoms in total. The predicted molar refractivity (Wildman–Crippen MR) is 107 cm³/mol. The normalized spacial score (nSPS) is 16.4. The Bertz CT molecular complexity index is 325. The minimum absolute atomic E-state index is 0.688. The Morgan fingerprint density at radius 2 is 1.75 bits per heavy atom. The predicted octanol–water partition coefficient (Wildman–Crippen LogP) is 7.14. The maximum absolute atomic E-state index is 8.80. The Labute approximate surface area is 152 Å². The Balaban J connectivity index is 3.70. The number of allylic oxidation sites excluding steroid dienone is 2. The molecule has 1 N–H and O–H groups in total. The fourth-order valence-corrected chi connectivity index (χ4v) is 3.08. The molecule has 0 aliphatic rings. The number of hydrogen-bond donors (Lipinski definition) is 1. The maximum atomic E-state index is 8.80. The van der Waals surface area contributed by atoms with Crippen molar-refractivity contribution in [3.05, 3.63) is 11.6 Å². The molecular formula is C20H41O3P. The van der Waals surface area contributed by atoms with E-state index in [1.54, 1.807) is 6.92 Å².